The summed E-state index contributed by atoms with van der Waals surface area (Å²) >= 11 is 0. The van der Waals surface area contributed by atoms with Gasteiger partial charge in [-0.2, -0.15) is 0 Å². The van der Waals surface area contributed by atoms with Crippen molar-refractivity contribution in [3.05, 3.63) is 84.1 Å². The van der Waals surface area contributed by atoms with Gasteiger partial charge in [-0.1, -0.05) is 36.4 Å². The molecule has 0 bridgehead atoms. The number of β-amino-alcohol motifs (C(OH)–C–C–N with tert-alkyl or cyclic N) is 1. The van der Waals surface area contributed by atoms with Gasteiger partial charge in [0.15, 0.2) is 0 Å². The molecule has 2 aromatic carbocycles. The van der Waals surface area contributed by atoms with Crippen molar-refractivity contribution in [3.8, 4) is 5.75 Å². The van der Waals surface area contributed by atoms with Crippen LogP contribution in [0.3, 0.4) is 0 Å². The molecular weight excluding hydrogens is 430 g/mol. The number of aliphatic hydroxyl groups is 2. The minimum atomic E-state index is -0.568. The molecule has 0 spiro atoms. The number of benzene rings is 2. The van der Waals surface area contributed by atoms with Crippen LogP contribution in [-0.2, 0) is 9.53 Å². The van der Waals surface area contributed by atoms with Crippen molar-refractivity contribution in [1.29, 1.82) is 0 Å². The van der Waals surface area contributed by atoms with Crippen LogP contribution in [0.5, 0.6) is 5.75 Å². The van der Waals surface area contributed by atoms with Gasteiger partial charge in [0.25, 0.3) is 0 Å². The van der Waals surface area contributed by atoms with Crippen LogP contribution in [0.25, 0.3) is 0 Å². The average molecular weight is 464 g/mol. The van der Waals surface area contributed by atoms with E-state index in [1.165, 1.54) is 6.92 Å². The fourth-order valence-electron chi connectivity index (χ4n) is 5.18. The van der Waals surface area contributed by atoms with Gasteiger partial charge in [-0.25, -0.2) is 0 Å². The molecule has 0 amide bonds. The van der Waals surface area contributed by atoms with Crippen LogP contribution in [0.1, 0.15) is 37.9 Å². The zero-order valence-corrected chi connectivity index (χ0v) is 19.7. The highest BCUT2D eigenvalue weighted by atomic mass is 16.5. The average Bonchev–Trinajstić information content (AvgIpc) is 3.19. The second-order valence-corrected chi connectivity index (χ2v) is 9.03. The number of anilines is 1. The fraction of sp³-hybridized carbons (Fsp3) is 0.393. The smallest absolute Gasteiger partial charge is 0.308 e. The first-order valence-corrected chi connectivity index (χ1v) is 11.8. The first-order valence-electron chi connectivity index (χ1n) is 11.8. The molecule has 2 aliphatic rings. The number of nitrogens with zero attached hydrogens (tertiary/aromatic N) is 1. The van der Waals surface area contributed by atoms with E-state index in [4.69, 9.17) is 9.47 Å². The molecule has 0 saturated carbocycles. The van der Waals surface area contributed by atoms with E-state index in [2.05, 4.69) is 11.0 Å². The Labute approximate surface area is 201 Å². The van der Waals surface area contributed by atoms with E-state index in [1.807, 2.05) is 66.7 Å². The number of rotatable bonds is 8. The van der Waals surface area contributed by atoms with Crippen molar-refractivity contribution in [2.24, 2.45) is 11.8 Å². The molecule has 2 aromatic rings. The maximum atomic E-state index is 11.3. The Morgan fingerprint density at radius 1 is 1.15 bits per heavy atom. The molecule has 1 fully saturated rings. The molecule has 1 heterocycles. The van der Waals surface area contributed by atoms with Gasteiger partial charge in [-0.3, -0.25) is 4.79 Å². The SMILES string of the molecule is COc1ccc(N2CC(O)[C@H](CC[C@H](O)c3ccccc3)[C@H]2C2C=CC(OC(C)=O)=CC2)cc1. The van der Waals surface area contributed by atoms with E-state index in [1.54, 1.807) is 7.11 Å². The maximum absolute atomic E-state index is 11.3. The van der Waals surface area contributed by atoms with E-state index in [-0.39, 0.29) is 23.8 Å². The maximum Gasteiger partial charge on any atom is 0.308 e. The first kappa shape index (κ1) is 24.0. The van der Waals surface area contributed by atoms with Gasteiger partial charge in [-0.15, -0.1) is 0 Å². The van der Waals surface area contributed by atoms with Crippen molar-refractivity contribution in [2.75, 3.05) is 18.6 Å². The summed E-state index contributed by atoms with van der Waals surface area (Å²) in [5.74, 6) is 1.14. The van der Waals surface area contributed by atoms with Crippen LogP contribution in [0, 0.1) is 11.8 Å². The zero-order chi connectivity index (χ0) is 24.1. The molecule has 2 unspecified atom stereocenters. The second kappa shape index (κ2) is 10.9. The predicted molar refractivity (Wildman–Crippen MR) is 131 cm³/mol. The molecule has 180 valence electrons. The third-order valence-corrected chi connectivity index (χ3v) is 6.84. The molecule has 1 aliphatic carbocycles. The van der Waals surface area contributed by atoms with Gasteiger partial charge in [0.05, 0.1) is 19.3 Å². The number of carbonyl (C=O) groups excluding carboxylic acids is 1. The van der Waals surface area contributed by atoms with Crippen LogP contribution < -0.4 is 9.64 Å². The molecule has 1 saturated heterocycles. The van der Waals surface area contributed by atoms with Crippen LogP contribution in [0.15, 0.2) is 78.6 Å². The van der Waals surface area contributed by atoms with E-state index in [0.29, 0.717) is 31.6 Å². The Hall–Kier alpha value is -3.09. The van der Waals surface area contributed by atoms with Gasteiger partial charge in [-0.05, 0) is 61.2 Å². The lowest BCUT2D eigenvalue weighted by Crippen LogP contribution is -2.39. The number of ether oxygens (including phenoxy) is 2. The van der Waals surface area contributed by atoms with Crippen molar-refractivity contribution in [3.63, 3.8) is 0 Å². The summed E-state index contributed by atoms with van der Waals surface area (Å²) in [6.45, 7) is 1.92. The topological polar surface area (TPSA) is 79.2 Å². The zero-order valence-electron chi connectivity index (χ0n) is 19.7. The highest BCUT2D eigenvalue weighted by Gasteiger charge is 2.44. The van der Waals surface area contributed by atoms with Crippen molar-refractivity contribution in [1.82, 2.24) is 0 Å². The monoisotopic (exact) mass is 463 g/mol. The summed E-state index contributed by atoms with van der Waals surface area (Å²) in [5, 5.41) is 21.9. The minimum absolute atomic E-state index is 0.0150. The van der Waals surface area contributed by atoms with E-state index < -0.39 is 12.2 Å². The lowest BCUT2D eigenvalue weighted by Gasteiger charge is -2.36. The predicted octanol–water partition coefficient (Wildman–Crippen LogP) is 4.40. The Bertz CT molecular complexity index is 1020. The summed E-state index contributed by atoms with van der Waals surface area (Å²) in [5.41, 5.74) is 1.92. The molecule has 34 heavy (non-hydrogen) atoms. The van der Waals surface area contributed by atoms with Gasteiger partial charge in [0.1, 0.15) is 11.5 Å². The molecular formula is C28H33NO5. The number of esters is 1. The van der Waals surface area contributed by atoms with Crippen molar-refractivity contribution >= 4 is 11.7 Å². The molecule has 1 aliphatic heterocycles. The Morgan fingerprint density at radius 3 is 2.50 bits per heavy atom. The minimum Gasteiger partial charge on any atom is -0.497 e. The highest BCUT2D eigenvalue weighted by Crippen LogP contribution is 2.41. The normalized spacial score (nSPS) is 25.1. The number of allylic oxidation sites excluding steroid dienone is 2. The summed E-state index contributed by atoms with van der Waals surface area (Å²) in [7, 11) is 1.64. The number of hydrogen-bond donors (Lipinski definition) is 2. The van der Waals surface area contributed by atoms with Crippen LogP contribution in [0.4, 0.5) is 5.69 Å². The van der Waals surface area contributed by atoms with Gasteiger partial charge in [0.2, 0.25) is 0 Å². The Kier molecular flexibility index (Phi) is 7.70. The molecule has 2 N–H and O–H groups in total. The third-order valence-electron chi connectivity index (χ3n) is 6.84. The van der Waals surface area contributed by atoms with Crippen molar-refractivity contribution < 1.29 is 24.5 Å². The Morgan fingerprint density at radius 2 is 1.88 bits per heavy atom. The number of methoxy groups -OCH3 is 1. The molecule has 6 heteroatoms. The standard InChI is InChI=1S/C28H33NO5/c1-19(30)34-24-12-8-21(9-13-24)28-25(16-17-26(31)20-6-4-3-5-7-20)27(32)18-29(28)22-10-14-23(33-2)15-11-22/h3-8,10-15,21,25-28,31-32H,9,16-18H2,1-2H3/t21?,25-,26-,27?,28+/m0/s1. The molecule has 6 nitrogen and oxygen atoms in total. The molecule has 0 aromatic heterocycles. The van der Waals surface area contributed by atoms with Gasteiger partial charge < -0.3 is 24.6 Å². The number of aliphatic hydroxyl groups excluding tert-OH is 2. The summed E-state index contributed by atoms with van der Waals surface area (Å²) in [6, 6.07) is 17.6. The third kappa shape index (κ3) is 5.51. The molecule has 0 radical (unpaired) electrons. The number of carbonyl (C=O) groups is 1. The lowest BCUT2D eigenvalue weighted by atomic mass is 9.80. The van der Waals surface area contributed by atoms with E-state index >= 15 is 0 Å². The quantitative estimate of drug-likeness (QED) is 0.565. The number of hydrogen-bond acceptors (Lipinski definition) is 6. The van der Waals surface area contributed by atoms with Gasteiger partial charge in [0, 0.05) is 37.0 Å². The van der Waals surface area contributed by atoms with Crippen LogP contribution in [-0.4, -0.2) is 42.0 Å². The van der Waals surface area contributed by atoms with Gasteiger partial charge >= 0.3 is 5.97 Å². The highest BCUT2D eigenvalue weighted by molar-refractivity contribution is 5.67. The Balaban J connectivity index is 1.55. The summed E-state index contributed by atoms with van der Waals surface area (Å²) in [4.78, 5) is 13.6. The van der Waals surface area contributed by atoms with Crippen molar-refractivity contribution in [2.45, 2.75) is 44.4 Å². The lowest BCUT2D eigenvalue weighted by molar-refractivity contribution is -0.136. The largest absolute Gasteiger partial charge is 0.497 e. The first-order chi connectivity index (χ1) is 16.5. The van der Waals surface area contributed by atoms with Crippen LogP contribution in [0.2, 0.25) is 0 Å². The summed E-state index contributed by atoms with van der Waals surface area (Å²) < 4.78 is 10.6. The van der Waals surface area contributed by atoms with Crippen LogP contribution >= 0.6 is 0 Å². The molecule has 4 rings (SSSR count). The second-order valence-electron chi connectivity index (χ2n) is 9.03. The van der Waals surface area contributed by atoms with E-state index in [0.717, 1.165) is 17.0 Å². The molecule has 5 atom stereocenters. The summed E-state index contributed by atoms with van der Waals surface area (Å²) in [6.07, 6.45) is 6.77. The fourth-order valence-corrected chi connectivity index (χ4v) is 5.18. The van der Waals surface area contributed by atoms with E-state index in [9.17, 15) is 15.0 Å².